The van der Waals surface area contributed by atoms with Gasteiger partial charge in [0.2, 0.25) is 0 Å². The highest BCUT2D eigenvalue weighted by Gasteiger charge is 2.31. The Labute approximate surface area is 148 Å². The third kappa shape index (κ3) is 5.63. The molecule has 4 nitrogen and oxygen atoms in total. The molecule has 0 aliphatic heterocycles. The monoisotopic (exact) mass is 371 g/mol. The second kappa shape index (κ2) is 8.20. The SMILES string of the molecule is COc1ccc(CC/C(C)=N\Nc2ncc(C(F)(F)F)cc2Cl)cc1. The predicted octanol–water partition coefficient (Wildman–Crippen LogP) is 5.18. The van der Waals surface area contributed by atoms with Crippen LogP contribution in [0.1, 0.15) is 24.5 Å². The highest BCUT2D eigenvalue weighted by atomic mass is 35.5. The van der Waals surface area contributed by atoms with Gasteiger partial charge in [-0.2, -0.15) is 18.3 Å². The number of anilines is 1. The molecule has 134 valence electrons. The molecule has 0 bridgehead atoms. The van der Waals surface area contributed by atoms with Gasteiger partial charge in [-0.15, -0.1) is 0 Å². The smallest absolute Gasteiger partial charge is 0.417 e. The number of nitrogens with one attached hydrogen (secondary N) is 1. The Bertz CT molecular complexity index is 746. The molecule has 0 amide bonds. The van der Waals surface area contributed by atoms with Crippen molar-refractivity contribution in [1.29, 1.82) is 0 Å². The quantitative estimate of drug-likeness (QED) is 0.562. The summed E-state index contributed by atoms with van der Waals surface area (Å²) in [5, 5.41) is 3.97. The van der Waals surface area contributed by atoms with Crippen LogP contribution < -0.4 is 10.2 Å². The molecule has 0 aliphatic rings. The van der Waals surface area contributed by atoms with Gasteiger partial charge in [0.15, 0.2) is 5.82 Å². The number of hydrogen-bond acceptors (Lipinski definition) is 4. The Hall–Kier alpha value is -2.28. The molecule has 25 heavy (non-hydrogen) atoms. The van der Waals surface area contributed by atoms with Gasteiger partial charge in [-0.05, 0) is 43.5 Å². The predicted molar refractivity (Wildman–Crippen MR) is 92.3 cm³/mol. The van der Waals surface area contributed by atoms with E-state index in [-0.39, 0.29) is 10.8 Å². The lowest BCUT2D eigenvalue weighted by molar-refractivity contribution is -0.137. The number of aromatic nitrogens is 1. The minimum absolute atomic E-state index is 0.0819. The van der Waals surface area contributed by atoms with Crippen LogP contribution in [0.5, 0.6) is 5.75 Å². The van der Waals surface area contributed by atoms with E-state index in [2.05, 4.69) is 15.5 Å². The van der Waals surface area contributed by atoms with Crippen molar-refractivity contribution >= 4 is 23.1 Å². The van der Waals surface area contributed by atoms with Crippen molar-refractivity contribution in [3.8, 4) is 5.75 Å². The average Bonchev–Trinajstić information content (AvgIpc) is 2.58. The minimum atomic E-state index is -4.48. The fraction of sp³-hybridized carbons (Fsp3) is 0.294. The Morgan fingerprint density at radius 1 is 1.28 bits per heavy atom. The van der Waals surface area contributed by atoms with E-state index in [0.717, 1.165) is 35.7 Å². The van der Waals surface area contributed by atoms with Gasteiger partial charge in [-0.1, -0.05) is 23.7 Å². The lowest BCUT2D eigenvalue weighted by Crippen LogP contribution is -2.07. The largest absolute Gasteiger partial charge is 0.497 e. The van der Waals surface area contributed by atoms with E-state index in [1.54, 1.807) is 7.11 Å². The molecule has 0 fully saturated rings. The molecule has 0 saturated carbocycles. The van der Waals surface area contributed by atoms with Crippen LogP contribution in [0.15, 0.2) is 41.6 Å². The number of ether oxygens (including phenoxy) is 1. The van der Waals surface area contributed by atoms with Crippen LogP contribution >= 0.6 is 11.6 Å². The number of halogens is 4. The molecule has 8 heteroatoms. The molecular formula is C17H17ClF3N3O. The van der Waals surface area contributed by atoms with Crippen molar-refractivity contribution in [3.05, 3.63) is 52.7 Å². The number of pyridine rings is 1. The van der Waals surface area contributed by atoms with E-state index in [9.17, 15) is 13.2 Å². The third-order valence-electron chi connectivity index (χ3n) is 3.46. The van der Waals surface area contributed by atoms with E-state index in [4.69, 9.17) is 16.3 Å². The Morgan fingerprint density at radius 3 is 2.52 bits per heavy atom. The minimum Gasteiger partial charge on any atom is -0.497 e. The molecule has 1 aromatic heterocycles. The molecular weight excluding hydrogens is 355 g/mol. The molecule has 0 saturated heterocycles. The summed E-state index contributed by atoms with van der Waals surface area (Å²) >= 11 is 5.81. The number of aryl methyl sites for hydroxylation is 1. The topological polar surface area (TPSA) is 46.5 Å². The van der Waals surface area contributed by atoms with E-state index in [1.807, 2.05) is 31.2 Å². The van der Waals surface area contributed by atoms with Crippen LogP contribution in [0.2, 0.25) is 5.02 Å². The molecule has 1 N–H and O–H groups in total. The van der Waals surface area contributed by atoms with Crippen LogP contribution in [0.4, 0.5) is 19.0 Å². The number of rotatable bonds is 6. The maximum Gasteiger partial charge on any atom is 0.417 e. The zero-order valence-corrected chi connectivity index (χ0v) is 14.4. The second-order valence-electron chi connectivity index (χ2n) is 5.36. The van der Waals surface area contributed by atoms with Gasteiger partial charge in [-0.3, -0.25) is 5.43 Å². The molecule has 1 heterocycles. The molecule has 0 aliphatic carbocycles. The summed E-state index contributed by atoms with van der Waals surface area (Å²) in [6, 6.07) is 8.51. The highest BCUT2D eigenvalue weighted by molar-refractivity contribution is 6.32. The molecule has 0 atom stereocenters. The van der Waals surface area contributed by atoms with Crippen LogP contribution in [0.25, 0.3) is 0 Å². The van der Waals surface area contributed by atoms with Gasteiger partial charge in [-0.25, -0.2) is 4.98 Å². The first kappa shape index (κ1) is 19.1. The van der Waals surface area contributed by atoms with Crippen LogP contribution in [-0.4, -0.2) is 17.8 Å². The molecule has 0 spiro atoms. The van der Waals surface area contributed by atoms with Gasteiger partial charge in [0, 0.05) is 11.9 Å². The first-order chi connectivity index (χ1) is 11.8. The fourth-order valence-electron chi connectivity index (χ4n) is 2.00. The van der Waals surface area contributed by atoms with E-state index in [1.165, 1.54) is 0 Å². The first-order valence-corrected chi connectivity index (χ1v) is 7.82. The third-order valence-corrected chi connectivity index (χ3v) is 3.74. The van der Waals surface area contributed by atoms with Crippen molar-refractivity contribution in [2.24, 2.45) is 5.10 Å². The van der Waals surface area contributed by atoms with Crippen molar-refractivity contribution in [2.45, 2.75) is 25.9 Å². The zero-order chi connectivity index (χ0) is 18.4. The van der Waals surface area contributed by atoms with Crippen LogP contribution in [0.3, 0.4) is 0 Å². The van der Waals surface area contributed by atoms with Crippen LogP contribution in [0, 0.1) is 0 Å². The molecule has 2 aromatic rings. The lowest BCUT2D eigenvalue weighted by atomic mass is 10.1. The first-order valence-electron chi connectivity index (χ1n) is 7.44. The number of methoxy groups -OCH3 is 1. The summed E-state index contributed by atoms with van der Waals surface area (Å²) in [6.45, 7) is 1.81. The summed E-state index contributed by atoms with van der Waals surface area (Å²) in [5.41, 5.74) is 3.60. The number of hydrazone groups is 1. The number of alkyl halides is 3. The molecule has 2 rings (SSSR count). The van der Waals surface area contributed by atoms with Crippen molar-refractivity contribution in [2.75, 3.05) is 12.5 Å². The lowest BCUT2D eigenvalue weighted by Gasteiger charge is -2.09. The number of benzene rings is 1. The van der Waals surface area contributed by atoms with E-state index in [0.29, 0.717) is 6.42 Å². The summed E-state index contributed by atoms with van der Waals surface area (Å²) in [7, 11) is 1.61. The maximum absolute atomic E-state index is 12.6. The highest BCUT2D eigenvalue weighted by Crippen LogP contribution is 2.32. The number of nitrogens with zero attached hydrogens (tertiary/aromatic N) is 2. The fourth-order valence-corrected chi connectivity index (χ4v) is 2.21. The summed E-state index contributed by atoms with van der Waals surface area (Å²) in [5.74, 6) is 0.872. The van der Waals surface area contributed by atoms with E-state index < -0.39 is 11.7 Å². The van der Waals surface area contributed by atoms with Crippen molar-refractivity contribution < 1.29 is 17.9 Å². The molecule has 1 aromatic carbocycles. The Kier molecular flexibility index (Phi) is 6.25. The van der Waals surface area contributed by atoms with Gasteiger partial charge >= 0.3 is 6.18 Å². The zero-order valence-electron chi connectivity index (χ0n) is 13.7. The van der Waals surface area contributed by atoms with Crippen LogP contribution in [-0.2, 0) is 12.6 Å². The molecule has 0 radical (unpaired) electrons. The van der Waals surface area contributed by atoms with Gasteiger partial charge < -0.3 is 4.74 Å². The van der Waals surface area contributed by atoms with Crippen molar-refractivity contribution in [1.82, 2.24) is 4.98 Å². The van der Waals surface area contributed by atoms with Gasteiger partial charge in [0.25, 0.3) is 0 Å². The average molecular weight is 372 g/mol. The van der Waals surface area contributed by atoms with Gasteiger partial charge in [0.05, 0.1) is 17.7 Å². The Morgan fingerprint density at radius 2 is 1.96 bits per heavy atom. The second-order valence-corrected chi connectivity index (χ2v) is 5.77. The summed E-state index contributed by atoms with van der Waals surface area (Å²) < 4.78 is 42.8. The maximum atomic E-state index is 12.6. The Balaban J connectivity index is 1.94. The molecule has 0 unspecified atom stereocenters. The van der Waals surface area contributed by atoms with E-state index >= 15 is 0 Å². The van der Waals surface area contributed by atoms with Gasteiger partial charge in [0.1, 0.15) is 5.75 Å². The summed E-state index contributed by atoms with van der Waals surface area (Å²) in [6.07, 6.45) is -2.31. The number of hydrogen-bond donors (Lipinski definition) is 1. The van der Waals surface area contributed by atoms with Crippen molar-refractivity contribution in [3.63, 3.8) is 0 Å². The standard InChI is InChI=1S/C17H17ClF3N3O/c1-11(3-4-12-5-7-14(25-2)8-6-12)23-24-16-15(18)9-13(10-22-16)17(19,20)21/h5-10H,3-4H2,1-2H3,(H,22,24)/b23-11-. The normalized spacial score (nSPS) is 12.2. The summed E-state index contributed by atoms with van der Waals surface area (Å²) in [4.78, 5) is 3.67.